The second kappa shape index (κ2) is 7.15. The summed E-state index contributed by atoms with van der Waals surface area (Å²) in [4.78, 5) is 26.7. The highest BCUT2D eigenvalue weighted by atomic mass is 16.5. The number of amides is 1. The molecule has 1 aromatic carbocycles. The van der Waals surface area contributed by atoms with Crippen LogP contribution in [0.1, 0.15) is 56.8 Å². The first-order valence-corrected chi connectivity index (χ1v) is 9.53. The number of carboxylic acid groups (broad SMARTS) is 1. The van der Waals surface area contributed by atoms with Gasteiger partial charge in [0.25, 0.3) is 5.91 Å². The maximum absolute atomic E-state index is 13.4. The molecule has 1 atom stereocenters. The molecule has 1 aliphatic heterocycles. The van der Waals surface area contributed by atoms with Gasteiger partial charge < -0.3 is 14.6 Å². The van der Waals surface area contributed by atoms with Gasteiger partial charge in [-0.15, -0.1) is 0 Å². The number of nitrogens with zero attached hydrogens (tertiary/aromatic N) is 1. The van der Waals surface area contributed by atoms with Gasteiger partial charge in [-0.2, -0.15) is 0 Å². The van der Waals surface area contributed by atoms with E-state index in [0.29, 0.717) is 30.1 Å². The second-order valence-electron chi connectivity index (χ2n) is 8.63. The molecular weight excluding hydrogens is 346 g/mol. The highest BCUT2D eigenvalue weighted by Gasteiger charge is 2.55. The third-order valence-electron chi connectivity index (χ3n) is 6.09. The molecule has 1 spiro atoms. The topological polar surface area (TPSA) is 76.1 Å². The van der Waals surface area contributed by atoms with Crippen molar-refractivity contribution in [1.82, 2.24) is 4.90 Å². The Morgan fingerprint density at radius 1 is 1.22 bits per heavy atom. The van der Waals surface area contributed by atoms with Crippen molar-refractivity contribution in [3.05, 3.63) is 29.8 Å². The zero-order chi connectivity index (χ0) is 19.8. The summed E-state index contributed by atoms with van der Waals surface area (Å²) in [7, 11) is 1.51. The van der Waals surface area contributed by atoms with Gasteiger partial charge in [-0.25, -0.2) is 4.79 Å². The SMILES string of the molecule is COc1ccccc1C(=O)N1[C@H](C(=O)O)COC12CCC(C(C)(C)C)CC2. The highest BCUT2D eigenvalue weighted by Crippen LogP contribution is 2.47. The number of hydrogen-bond donors (Lipinski definition) is 1. The minimum absolute atomic E-state index is 0.0242. The zero-order valence-corrected chi connectivity index (χ0v) is 16.5. The minimum atomic E-state index is -1.03. The monoisotopic (exact) mass is 375 g/mol. The molecule has 2 aliphatic rings. The molecule has 0 bridgehead atoms. The Morgan fingerprint density at radius 3 is 2.41 bits per heavy atom. The predicted molar refractivity (Wildman–Crippen MR) is 101 cm³/mol. The molecule has 0 aromatic heterocycles. The number of carbonyl (C=O) groups is 2. The van der Waals surface area contributed by atoms with Crippen molar-refractivity contribution in [2.75, 3.05) is 13.7 Å². The molecule has 148 valence electrons. The molecule has 0 unspecified atom stereocenters. The van der Waals surface area contributed by atoms with Gasteiger partial charge in [-0.3, -0.25) is 9.69 Å². The van der Waals surface area contributed by atoms with Gasteiger partial charge in [-0.05, 0) is 49.1 Å². The van der Waals surface area contributed by atoms with Gasteiger partial charge in [0.05, 0.1) is 19.3 Å². The number of benzene rings is 1. The fourth-order valence-electron chi connectivity index (χ4n) is 4.44. The number of aliphatic carboxylic acids is 1. The summed E-state index contributed by atoms with van der Waals surface area (Å²) in [5, 5.41) is 9.70. The molecule has 1 N–H and O–H groups in total. The zero-order valence-electron chi connectivity index (χ0n) is 16.5. The number of para-hydroxylation sites is 1. The van der Waals surface area contributed by atoms with E-state index in [4.69, 9.17) is 9.47 Å². The van der Waals surface area contributed by atoms with Crippen molar-refractivity contribution in [2.45, 2.75) is 58.2 Å². The van der Waals surface area contributed by atoms with E-state index < -0.39 is 17.7 Å². The first-order valence-electron chi connectivity index (χ1n) is 9.53. The van der Waals surface area contributed by atoms with Crippen LogP contribution < -0.4 is 4.74 Å². The fraction of sp³-hybridized carbons (Fsp3) is 0.619. The summed E-state index contributed by atoms with van der Waals surface area (Å²) < 4.78 is 11.4. The van der Waals surface area contributed by atoms with E-state index >= 15 is 0 Å². The lowest BCUT2D eigenvalue weighted by atomic mass is 9.70. The number of ether oxygens (including phenoxy) is 2. The van der Waals surface area contributed by atoms with Crippen LogP contribution in [0.2, 0.25) is 0 Å². The molecule has 1 aliphatic carbocycles. The maximum Gasteiger partial charge on any atom is 0.328 e. The Morgan fingerprint density at radius 2 is 1.85 bits per heavy atom. The summed E-state index contributed by atoms with van der Waals surface area (Å²) in [6.45, 7) is 6.70. The maximum atomic E-state index is 13.4. The molecule has 2 fully saturated rings. The average Bonchev–Trinajstić information content (AvgIpc) is 2.99. The summed E-state index contributed by atoms with van der Waals surface area (Å²) in [6.07, 6.45) is 3.12. The molecule has 3 rings (SSSR count). The van der Waals surface area contributed by atoms with E-state index in [1.54, 1.807) is 24.3 Å². The van der Waals surface area contributed by atoms with Crippen molar-refractivity contribution >= 4 is 11.9 Å². The van der Waals surface area contributed by atoms with E-state index in [-0.39, 0.29) is 17.9 Å². The van der Waals surface area contributed by atoms with Gasteiger partial charge in [0.15, 0.2) is 6.04 Å². The predicted octanol–water partition coefficient (Wildman–Crippen LogP) is 3.55. The van der Waals surface area contributed by atoms with Crippen molar-refractivity contribution < 1.29 is 24.2 Å². The van der Waals surface area contributed by atoms with Gasteiger partial charge in [0, 0.05) is 0 Å². The Hall–Kier alpha value is -2.08. The molecule has 1 heterocycles. The summed E-state index contributed by atoms with van der Waals surface area (Å²) in [5.41, 5.74) is -0.291. The Labute approximate surface area is 160 Å². The van der Waals surface area contributed by atoms with Crippen LogP contribution in [-0.2, 0) is 9.53 Å². The molecular formula is C21H29NO5. The van der Waals surface area contributed by atoms with E-state index in [9.17, 15) is 14.7 Å². The lowest BCUT2D eigenvalue weighted by molar-refractivity contribution is -0.144. The molecule has 1 aromatic rings. The van der Waals surface area contributed by atoms with Crippen molar-refractivity contribution in [3.8, 4) is 5.75 Å². The number of carbonyl (C=O) groups excluding carboxylic acids is 1. The van der Waals surface area contributed by atoms with Crippen LogP contribution in [0.25, 0.3) is 0 Å². The van der Waals surface area contributed by atoms with Gasteiger partial charge in [0.2, 0.25) is 0 Å². The summed E-state index contributed by atoms with van der Waals surface area (Å²) >= 11 is 0. The second-order valence-corrected chi connectivity index (χ2v) is 8.63. The standard InChI is InChI=1S/C21H29NO5/c1-20(2,3)14-9-11-21(12-10-14)22(16(13-27-21)19(24)25)18(23)15-7-5-6-8-17(15)26-4/h5-8,14,16H,9-13H2,1-4H3,(H,24,25)/t14?,16-,21?/m0/s1. The molecule has 1 saturated heterocycles. The molecule has 1 saturated carbocycles. The molecule has 6 nitrogen and oxygen atoms in total. The third kappa shape index (κ3) is 3.55. The molecule has 27 heavy (non-hydrogen) atoms. The van der Waals surface area contributed by atoms with Gasteiger partial charge in [-0.1, -0.05) is 32.9 Å². The van der Waals surface area contributed by atoms with Gasteiger partial charge in [0.1, 0.15) is 11.5 Å². The number of hydrogen-bond acceptors (Lipinski definition) is 4. The number of rotatable bonds is 3. The van der Waals surface area contributed by atoms with Crippen molar-refractivity contribution in [1.29, 1.82) is 0 Å². The van der Waals surface area contributed by atoms with E-state index in [1.165, 1.54) is 12.0 Å². The number of carboxylic acids is 1. The molecule has 1 amide bonds. The normalized spacial score (nSPS) is 28.4. The Balaban J connectivity index is 1.93. The number of methoxy groups -OCH3 is 1. The van der Waals surface area contributed by atoms with Crippen LogP contribution in [0.3, 0.4) is 0 Å². The lowest BCUT2D eigenvalue weighted by Crippen LogP contribution is -2.55. The molecule has 0 radical (unpaired) electrons. The lowest BCUT2D eigenvalue weighted by Gasteiger charge is -2.46. The summed E-state index contributed by atoms with van der Waals surface area (Å²) in [5.74, 6) is -0.407. The first-order chi connectivity index (χ1) is 12.7. The fourth-order valence-corrected chi connectivity index (χ4v) is 4.44. The van der Waals surface area contributed by atoms with E-state index in [0.717, 1.165) is 12.8 Å². The Kier molecular flexibility index (Phi) is 5.21. The van der Waals surface area contributed by atoms with E-state index in [1.807, 2.05) is 0 Å². The molecule has 6 heteroatoms. The summed E-state index contributed by atoms with van der Waals surface area (Å²) in [6, 6.07) is 5.95. The van der Waals surface area contributed by atoms with E-state index in [2.05, 4.69) is 20.8 Å². The van der Waals surface area contributed by atoms with Crippen LogP contribution in [-0.4, -0.2) is 47.4 Å². The van der Waals surface area contributed by atoms with Crippen LogP contribution >= 0.6 is 0 Å². The highest BCUT2D eigenvalue weighted by molar-refractivity contribution is 5.99. The van der Waals surface area contributed by atoms with Crippen molar-refractivity contribution in [2.24, 2.45) is 11.3 Å². The van der Waals surface area contributed by atoms with Crippen LogP contribution in [0.4, 0.5) is 0 Å². The van der Waals surface area contributed by atoms with Crippen LogP contribution in [0.5, 0.6) is 5.75 Å². The first kappa shape index (κ1) is 19.7. The largest absolute Gasteiger partial charge is 0.496 e. The Bertz CT molecular complexity index is 716. The van der Waals surface area contributed by atoms with Crippen molar-refractivity contribution in [3.63, 3.8) is 0 Å². The van der Waals surface area contributed by atoms with Gasteiger partial charge >= 0.3 is 5.97 Å². The average molecular weight is 375 g/mol. The minimum Gasteiger partial charge on any atom is -0.496 e. The van der Waals surface area contributed by atoms with Crippen LogP contribution in [0, 0.1) is 11.3 Å². The third-order valence-corrected chi connectivity index (χ3v) is 6.09. The quantitative estimate of drug-likeness (QED) is 0.874. The van der Waals surface area contributed by atoms with Crippen LogP contribution in [0.15, 0.2) is 24.3 Å². The smallest absolute Gasteiger partial charge is 0.328 e.